The molecular formula is C14H17ClFN3. The van der Waals surface area contributed by atoms with Gasteiger partial charge in [0.25, 0.3) is 0 Å². The molecule has 102 valence electrons. The fourth-order valence-electron chi connectivity index (χ4n) is 1.98. The second-order valence-electron chi connectivity index (χ2n) is 4.58. The highest BCUT2D eigenvalue weighted by Crippen LogP contribution is 2.20. The van der Waals surface area contributed by atoms with Crippen molar-refractivity contribution >= 4 is 11.6 Å². The number of halogens is 2. The summed E-state index contributed by atoms with van der Waals surface area (Å²) in [6, 6.07) is 4.76. The third-order valence-corrected chi connectivity index (χ3v) is 3.31. The molecule has 0 aliphatic carbocycles. The molecule has 5 heteroatoms. The zero-order valence-electron chi connectivity index (χ0n) is 11.1. The summed E-state index contributed by atoms with van der Waals surface area (Å²) in [5.41, 5.74) is 1.64. The monoisotopic (exact) mass is 281 g/mol. The quantitative estimate of drug-likeness (QED) is 0.838. The molecule has 0 spiro atoms. The van der Waals surface area contributed by atoms with Crippen LogP contribution in [0.25, 0.3) is 0 Å². The summed E-state index contributed by atoms with van der Waals surface area (Å²) in [6.07, 6.45) is 3.84. The highest BCUT2D eigenvalue weighted by atomic mass is 35.5. The highest BCUT2D eigenvalue weighted by Gasteiger charge is 2.10. The Bertz CT molecular complexity index is 533. The Morgan fingerprint density at radius 3 is 2.79 bits per heavy atom. The third-order valence-electron chi connectivity index (χ3n) is 2.95. The third kappa shape index (κ3) is 3.55. The van der Waals surface area contributed by atoms with E-state index < -0.39 is 0 Å². The SMILES string of the molecule is CCn1cc(CN(C)Cc2c(F)cccc2Cl)cn1. The van der Waals surface area contributed by atoms with Crippen LogP contribution in [0.3, 0.4) is 0 Å². The smallest absolute Gasteiger partial charge is 0.129 e. The lowest BCUT2D eigenvalue weighted by Gasteiger charge is -2.17. The van der Waals surface area contributed by atoms with Crippen LogP contribution in [0.5, 0.6) is 0 Å². The van der Waals surface area contributed by atoms with E-state index in [2.05, 4.69) is 5.10 Å². The number of rotatable bonds is 5. The van der Waals surface area contributed by atoms with Crippen molar-refractivity contribution in [1.29, 1.82) is 0 Å². The van der Waals surface area contributed by atoms with E-state index in [9.17, 15) is 4.39 Å². The van der Waals surface area contributed by atoms with Gasteiger partial charge in [-0.15, -0.1) is 0 Å². The van der Waals surface area contributed by atoms with Crippen LogP contribution in [0.15, 0.2) is 30.6 Å². The zero-order valence-corrected chi connectivity index (χ0v) is 11.9. The van der Waals surface area contributed by atoms with Crippen LogP contribution >= 0.6 is 11.6 Å². The number of aryl methyl sites for hydroxylation is 1. The number of hydrogen-bond acceptors (Lipinski definition) is 2. The number of benzene rings is 1. The molecule has 0 N–H and O–H groups in total. The van der Waals surface area contributed by atoms with E-state index >= 15 is 0 Å². The van der Waals surface area contributed by atoms with Gasteiger partial charge in [-0.3, -0.25) is 9.58 Å². The fourth-order valence-corrected chi connectivity index (χ4v) is 2.20. The van der Waals surface area contributed by atoms with Gasteiger partial charge in [0, 0.05) is 42.0 Å². The van der Waals surface area contributed by atoms with Crippen molar-refractivity contribution in [2.24, 2.45) is 0 Å². The first-order valence-electron chi connectivity index (χ1n) is 6.23. The van der Waals surface area contributed by atoms with Gasteiger partial charge < -0.3 is 0 Å². The van der Waals surface area contributed by atoms with Gasteiger partial charge in [-0.1, -0.05) is 17.7 Å². The van der Waals surface area contributed by atoms with Gasteiger partial charge >= 0.3 is 0 Å². The highest BCUT2D eigenvalue weighted by molar-refractivity contribution is 6.31. The maximum atomic E-state index is 13.7. The van der Waals surface area contributed by atoms with Crippen LogP contribution in [0, 0.1) is 5.82 Å². The first kappa shape index (κ1) is 14.0. The summed E-state index contributed by atoms with van der Waals surface area (Å²) < 4.78 is 15.6. The molecule has 0 radical (unpaired) electrons. The molecule has 19 heavy (non-hydrogen) atoms. The predicted octanol–water partition coefficient (Wildman–Crippen LogP) is 3.33. The van der Waals surface area contributed by atoms with E-state index in [-0.39, 0.29) is 5.82 Å². The molecule has 0 saturated heterocycles. The molecule has 1 aromatic heterocycles. The second-order valence-corrected chi connectivity index (χ2v) is 4.98. The van der Waals surface area contributed by atoms with Crippen LogP contribution in [-0.4, -0.2) is 21.7 Å². The largest absolute Gasteiger partial charge is 0.298 e. The lowest BCUT2D eigenvalue weighted by atomic mass is 10.2. The molecular weight excluding hydrogens is 265 g/mol. The first-order chi connectivity index (χ1) is 9.10. The standard InChI is InChI=1S/C14H17ClFN3/c1-3-19-9-11(7-17-19)8-18(2)10-12-13(15)5-4-6-14(12)16/h4-7,9H,3,8,10H2,1-2H3. The minimum absolute atomic E-state index is 0.261. The maximum absolute atomic E-state index is 13.7. The summed E-state index contributed by atoms with van der Waals surface area (Å²) in [4.78, 5) is 2.02. The predicted molar refractivity (Wildman–Crippen MR) is 74.5 cm³/mol. The van der Waals surface area contributed by atoms with Gasteiger partial charge in [-0.2, -0.15) is 5.10 Å². The van der Waals surface area contributed by atoms with Gasteiger partial charge in [0.05, 0.1) is 6.20 Å². The van der Waals surface area contributed by atoms with Crippen LogP contribution in [0.4, 0.5) is 4.39 Å². The molecule has 3 nitrogen and oxygen atoms in total. The fraction of sp³-hybridized carbons (Fsp3) is 0.357. The van der Waals surface area contributed by atoms with Crippen molar-refractivity contribution in [1.82, 2.24) is 14.7 Å². The van der Waals surface area contributed by atoms with Crippen LogP contribution < -0.4 is 0 Å². The van der Waals surface area contributed by atoms with E-state index in [4.69, 9.17) is 11.6 Å². The van der Waals surface area contributed by atoms with E-state index in [0.29, 0.717) is 23.7 Å². The molecule has 2 rings (SSSR count). The van der Waals surface area contributed by atoms with Crippen LogP contribution in [0.1, 0.15) is 18.1 Å². The van der Waals surface area contributed by atoms with E-state index in [0.717, 1.165) is 12.1 Å². The molecule has 0 unspecified atom stereocenters. The van der Waals surface area contributed by atoms with Gasteiger partial charge in [-0.05, 0) is 26.1 Å². The van der Waals surface area contributed by atoms with Crippen molar-refractivity contribution < 1.29 is 4.39 Å². The molecule has 1 aromatic carbocycles. The van der Waals surface area contributed by atoms with Gasteiger partial charge in [0.15, 0.2) is 0 Å². The average Bonchev–Trinajstić information content (AvgIpc) is 2.81. The number of aromatic nitrogens is 2. The van der Waals surface area contributed by atoms with Crippen molar-refractivity contribution in [3.05, 3.63) is 52.6 Å². The Kier molecular flexibility index (Phi) is 4.56. The normalized spacial score (nSPS) is 11.2. The van der Waals surface area contributed by atoms with Crippen molar-refractivity contribution in [2.45, 2.75) is 26.6 Å². The maximum Gasteiger partial charge on any atom is 0.129 e. The summed E-state index contributed by atoms with van der Waals surface area (Å²) in [7, 11) is 1.94. The van der Waals surface area contributed by atoms with Gasteiger partial charge in [0.2, 0.25) is 0 Å². The Hall–Kier alpha value is -1.39. The molecule has 0 fully saturated rings. The molecule has 0 aliphatic heterocycles. The number of nitrogens with zero attached hydrogens (tertiary/aromatic N) is 3. The molecule has 0 atom stereocenters. The minimum atomic E-state index is -0.261. The van der Waals surface area contributed by atoms with E-state index in [1.165, 1.54) is 6.07 Å². The Labute approximate surface area is 117 Å². The molecule has 0 bridgehead atoms. The lowest BCUT2D eigenvalue weighted by Crippen LogP contribution is -2.18. The van der Waals surface area contributed by atoms with Gasteiger partial charge in [0.1, 0.15) is 5.82 Å². The summed E-state index contributed by atoms with van der Waals surface area (Å²) in [5, 5.41) is 4.69. The Morgan fingerprint density at radius 2 is 2.16 bits per heavy atom. The molecule has 1 heterocycles. The molecule has 0 saturated carbocycles. The van der Waals surface area contributed by atoms with Crippen molar-refractivity contribution in [3.8, 4) is 0 Å². The average molecular weight is 282 g/mol. The van der Waals surface area contributed by atoms with Crippen molar-refractivity contribution in [2.75, 3.05) is 7.05 Å². The Morgan fingerprint density at radius 1 is 1.37 bits per heavy atom. The van der Waals surface area contributed by atoms with Gasteiger partial charge in [-0.25, -0.2) is 4.39 Å². The lowest BCUT2D eigenvalue weighted by molar-refractivity contribution is 0.313. The molecule has 0 aliphatic rings. The van der Waals surface area contributed by atoms with Crippen LogP contribution in [0.2, 0.25) is 5.02 Å². The summed E-state index contributed by atoms with van der Waals surface area (Å²) in [5.74, 6) is -0.261. The van der Waals surface area contributed by atoms with E-state index in [1.807, 2.05) is 35.9 Å². The molecule has 0 amide bonds. The zero-order chi connectivity index (χ0) is 13.8. The van der Waals surface area contributed by atoms with Crippen molar-refractivity contribution in [3.63, 3.8) is 0 Å². The van der Waals surface area contributed by atoms with Crippen LogP contribution in [-0.2, 0) is 19.6 Å². The minimum Gasteiger partial charge on any atom is -0.298 e. The topological polar surface area (TPSA) is 21.1 Å². The van der Waals surface area contributed by atoms with E-state index in [1.54, 1.807) is 12.1 Å². The summed E-state index contributed by atoms with van der Waals surface area (Å²) in [6.45, 7) is 4.08. The first-order valence-corrected chi connectivity index (χ1v) is 6.60. The number of hydrogen-bond donors (Lipinski definition) is 0. The molecule has 2 aromatic rings. The summed E-state index contributed by atoms with van der Waals surface area (Å²) >= 11 is 6.02. The second kappa shape index (κ2) is 6.17. The Balaban J connectivity index is 2.03.